The van der Waals surface area contributed by atoms with Crippen LogP contribution in [-0.4, -0.2) is 0 Å². The summed E-state index contributed by atoms with van der Waals surface area (Å²) in [6.45, 7) is 4.75. The Morgan fingerprint density at radius 3 is 2.71 bits per heavy atom. The van der Waals surface area contributed by atoms with Crippen molar-refractivity contribution in [2.24, 2.45) is 0 Å². The van der Waals surface area contributed by atoms with E-state index in [2.05, 4.69) is 50.3 Å². The Hall–Kier alpha value is -1.30. The van der Waals surface area contributed by atoms with Crippen LogP contribution in [-0.2, 0) is 11.8 Å². The van der Waals surface area contributed by atoms with Crippen molar-refractivity contribution in [3.63, 3.8) is 0 Å². The molecule has 1 aromatic rings. The van der Waals surface area contributed by atoms with Crippen molar-refractivity contribution in [2.75, 3.05) is 0 Å². The maximum absolute atomic E-state index is 2.38. The maximum atomic E-state index is 2.38. The van der Waals surface area contributed by atoms with E-state index in [1.807, 2.05) is 0 Å². The van der Waals surface area contributed by atoms with Gasteiger partial charge in [0.25, 0.3) is 0 Å². The molecule has 0 spiro atoms. The van der Waals surface area contributed by atoms with E-state index in [1.54, 1.807) is 16.7 Å². The van der Waals surface area contributed by atoms with Crippen molar-refractivity contribution in [1.29, 1.82) is 0 Å². The molecular formula is C17H20. The fraction of sp³-hybridized carbons (Fsp3) is 0.412. The molecule has 0 atom stereocenters. The van der Waals surface area contributed by atoms with Gasteiger partial charge in [-0.2, -0.15) is 0 Å². The molecule has 0 aliphatic heterocycles. The van der Waals surface area contributed by atoms with Gasteiger partial charge in [-0.3, -0.25) is 0 Å². The molecule has 0 heteroatoms. The lowest BCUT2D eigenvalue weighted by Gasteiger charge is -2.30. The Morgan fingerprint density at radius 2 is 1.82 bits per heavy atom. The van der Waals surface area contributed by atoms with Crippen LogP contribution in [0.2, 0.25) is 0 Å². The first kappa shape index (κ1) is 10.8. The third kappa shape index (κ3) is 1.67. The van der Waals surface area contributed by atoms with Crippen LogP contribution in [0.1, 0.15) is 44.2 Å². The standard InChI is InChI=1S/C17H20/c1-17(2)15-9-5-3-7-13(15)11-12-14-8-4-6-10-16(14)17/h3,5-7,9-10H,4,8,11-12H2,1-2H3. The van der Waals surface area contributed by atoms with Crippen LogP contribution in [0.25, 0.3) is 0 Å². The van der Waals surface area contributed by atoms with Gasteiger partial charge in [0.2, 0.25) is 0 Å². The van der Waals surface area contributed by atoms with Gasteiger partial charge in [0.05, 0.1) is 0 Å². The fourth-order valence-corrected chi connectivity index (χ4v) is 3.40. The fourth-order valence-electron chi connectivity index (χ4n) is 3.40. The second kappa shape index (κ2) is 3.87. The Kier molecular flexibility index (Phi) is 2.47. The number of allylic oxidation sites excluding steroid dienone is 4. The molecule has 0 heterocycles. The van der Waals surface area contributed by atoms with Crippen LogP contribution >= 0.6 is 0 Å². The first-order valence-electron chi connectivity index (χ1n) is 6.67. The second-order valence-electron chi connectivity index (χ2n) is 5.74. The van der Waals surface area contributed by atoms with Crippen LogP contribution in [0.15, 0.2) is 47.6 Å². The molecular weight excluding hydrogens is 204 g/mol. The topological polar surface area (TPSA) is 0 Å². The smallest absolute Gasteiger partial charge is 0.0148 e. The first-order valence-corrected chi connectivity index (χ1v) is 6.67. The Bertz CT molecular complexity index is 501. The number of rotatable bonds is 0. The largest absolute Gasteiger partial charge is 0.0839 e. The molecule has 0 N–H and O–H groups in total. The zero-order valence-electron chi connectivity index (χ0n) is 10.8. The molecule has 0 fully saturated rings. The molecule has 0 saturated carbocycles. The first-order chi connectivity index (χ1) is 8.19. The minimum absolute atomic E-state index is 0.180. The number of hydrogen-bond acceptors (Lipinski definition) is 0. The highest BCUT2D eigenvalue weighted by Crippen LogP contribution is 2.42. The monoisotopic (exact) mass is 224 g/mol. The summed E-state index contributed by atoms with van der Waals surface area (Å²) in [5, 5.41) is 0. The molecule has 17 heavy (non-hydrogen) atoms. The molecule has 0 nitrogen and oxygen atoms in total. The summed E-state index contributed by atoms with van der Waals surface area (Å²) in [6.07, 6.45) is 9.68. The summed E-state index contributed by atoms with van der Waals surface area (Å²) in [4.78, 5) is 0. The minimum atomic E-state index is 0.180. The SMILES string of the molecule is CC1(C)C2=C(CCC=C2)CCc2ccccc21. The molecule has 0 bridgehead atoms. The van der Waals surface area contributed by atoms with Gasteiger partial charge in [0.15, 0.2) is 0 Å². The van der Waals surface area contributed by atoms with Gasteiger partial charge in [0.1, 0.15) is 0 Å². The molecule has 1 aromatic carbocycles. The van der Waals surface area contributed by atoms with Crippen molar-refractivity contribution in [1.82, 2.24) is 0 Å². The van der Waals surface area contributed by atoms with E-state index in [-0.39, 0.29) is 5.41 Å². The highest BCUT2D eigenvalue weighted by atomic mass is 14.4. The molecule has 2 aliphatic carbocycles. The summed E-state index contributed by atoms with van der Waals surface area (Å²) in [6, 6.07) is 8.97. The zero-order chi connectivity index (χ0) is 11.9. The van der Waals surface area contributed by atoms with E-state index >= 15 is 0 Å². The number of fused-ring (bicyclic) bond motifs is 1. The van der Waals surface area contributed by atoms with Gasteiger partial charge < -0.3 is 0 Å². The van der Waals surface area contributed by atoms with Crippen molar-refractivity contribution in [2.45, 2.75) is 44.9 Å². The Balaban J connectivity index is 2.19. The molecule has 2 aliphatic rings. The van der Waals surface area contributed by atoms with Crippen molar-refractivity contribution in [3.8, 4) is 0 Å². The van der Waals surface area contributed by atoms with Gasteiger partial charge in [-0.15, -0.1) is 0 Å². The molecule has 0 unspecified atom stereocenters. The normalized spacial score (nSPS) is 21.8. The predicted octanol–water partition coefficient (Wildman–Crippen LogP) is 4.56. The van der Waals surface area contributed by atoms with E-state index in [0.717, 1.165) is 0 Å². The number of benzene rings is 1. The van der Waals surface area contributed by atoms with Crippen molar-refractivity contribution < 1.29 is 0 Å². The van der Waals surface area contributed by atoms with Gasteiger partial charge in [-0.05, 0) is 42.4 Å². The highest BCUT2D eigenvalue weighted by Gasteiger charge is 2.31. The van der Waals surface area contributed by atoms with E-state index in [0.29, 0.717) is 0 Å². The molecule has 0 saturated heterocycles. The number of hydrogen-bond donors (Lipinski definition) is 0. The van der Waals surface area contributed by atoms with Crippen LogP contribution in [0, 0.1) is 0 Å². The number of aryl methyl sites for hydroxylation is 1. The average Bonchev–Trinajstić information content (AvgIpc) is 2.47. The summed E-state index contributed by atoms with van der Waals surface area (Å²) in [5.74, 6) is 0. The van der Waals surface area contributed by atoms with Crippen LogP contribution in [0.3, 0.4) is 0 Å². The summed E-state index contributed by atoms with van der Waals surface area (Å²) in [5.41, 5.74) is 6.51. The van der Waals surface area contributed by atoms with Gasteiger partial charge in [-0.25, -0.2) is 0 Å². The summed E-state index contributed by atoms with van der Waals surface area (Å²) < 4.78 is 0. The highest BCUT2D eigenvalue weighted by molar-refractivity contribution is 5.49. The van der Waals surface area contributed by atoms with E-state index in [4.69, 9.17) is 0 Å². The lowest BCUT2D eigenvalue weighted by atomic mass is 9.73. The quantitative estimate of drug-likeness (QED) is 0.606. The third-order valence-electron chi connectivity index (χ3n) is 4.34. The van der Waals surface area contributed by atoms with Crippen molar-refractivity contribution in [3.05, 3.63) is 58.7 Å². The second-order valence-corrected chi connectivity index (χ2v) is 5.74. The molecule has 0 amide bonds. The average molecular weight is 224 g/mol. The molecule has 0 aromatic heterocycles. The lowest BCUT2D eigenvalue weighted by molar-refractivity contribution is 0.623. The Labute approximate surface area is 104 Å². The lowest BCUT2D eigenvalue weighted by Crippen LogP contribution is -2.21. The molecule has 0 radical (unpaired) electrons. The predicted molar refractivity (Wildman–Crippen MR) is 73.2 cm³/mol. The van der Waals surface area contributed by atoms with Crippen LogP contribution in [0.4, 0.5) is 0 Å². The summed E-state index contributed by atoms with van der Waals surface area (Å²) in [7, 11) is 0. The van der Waals surface area contributed by atoms with Crippen LogP contribution < -0.4 is 0 Å². The van der Waals surface area contributed by atoms with E-state index in [9.17, 15) is 0 Å². The van der Waals surface area contributed by atoms with E-state index < -0.39 is 0 Å². The van der Waals surface area contributed by atoms with Gasteiger partial charge in [-0.1, -0.05) is 55.8 Å². The maximum Gasteiger partial charge on any atom is 0.0148 e. The minimum Gasteiger partial charge on any atom is -0.0839 e. The summed E-state index contributed by atoms with van der Waals surface area (Å²) >= 11 is 0. The van der Waals surface area contributed by atoms with Crippen LogP contribution in [0.5, 0.6) is 0 Å². The zero-order valence-corrected chi connectivity index (χ0v) is 10.8. The third-order valence-corrected chi connectivity index (χ3v) is 4.34. The van der Waals surface area contributed by atoms with Crippen molar-refractivity contribution >= 4 is 0 Å². The van der Waals surface area contributed by atoms with Gasteiger partial charge in [0, 0.05) is 5.41 Å². The Morgan fingerprint density at radius 1 is 1.00 bits per heavy atom. The van der Waals surface area contributed by atoms with Gasteiger partial charge >= 0.3 is 0 Å². The molecule has 3 rings (SSSR count). The van der Waals surface area contributed by atoms with E-state index in [1.165, 1.54) is 31.2 Å². The molecule has 88 valence electrons.